The third-order valence-electron chi connectivity index (χ3n) is 6.26. The lowest BCUT2D eigenvalue weighted by molar-refractivity contribution is 0.0946. The van der Waals surface area contributed by atoms with E-state index in [-0.39, 0.29) is 5.91 Å². The van der Waals surface area contributed by atoms with E-state index in [9.17, 15) is 4.79 Å². The minimum absolute atomic E-state index is 0.00285. The van der Waals surface area contributed by atoms with Crippen LogP contribution in [-0.2, 0) is 6.42 Å². The van der Waals surface area contributed by atoms with E-state index in [0.717, 1.165) is 68.1 Å². The average molecular weight is 398 g/mol. The molecule has 150 valence electrons. The first-order valence-corrected chi connectivity index (χ1v) is 10.5. The van der Waals surface area contributed by atoms with Crippen molar-refractivity contribution in [1.29, 1.82) is 0 Å². The number of aryl methyl sites for hydroxylation is 2. The van der Waals surface area contributed by atoms with Crippen LogP contribution in [0.2, 0.25) is 0 Å². The zero-order chi connectivity index (χ0) is 20.4. The van der Waals surface area contributed by atoms with Gasteiger partial charge in [-0.15, -0.1) is 0 Å². The largest absolute Gasteiger partial charge is 0.361 e. The number of H-pyrrole nitrogens is 1. The molecule has 2 N–H and O–H groups in total. The van der Waals surface area contributed by atoms with Crippen molar-refractivity contribution < 1.29 is 9.32 Å². The molecule has 6 heteroatoms. The first-order chi connectivity index (χ1) is 14.6. The van der Waals surface area contributed by atoms with Gasteiger partial charge in [0.2, 0.25) is 0 Å². The van der Waals surface area contributed by atoms with E-state index in [1.807, 2.05) is 26.0 Å². The van der Waals surface area contributed by atoms with Gasteiger partial charge < -0.3 is 14.8 Å². The Balaban J connectivity index is 1.65. The van der Waals surface area contributed by atoms with E-state index in [1.54, 1.807) is 0 Å². The molecule has 1 amide bonds. The van der Waals surface area contributed by atoms with Gasteiger partial charge in [-0.1, -0.05) is 17.3 Å². The van der Waals surface area contributed by atoms with E-state index < -0.39 is 0 Å². The molecule has 2 aromatic carbocycles. The van der Waals surface area contributed by atoms with Crippen LogP contribution >= 0.6 is 0 Å². The zero-order valence-corrected chi connectivity index (χ0v) is 17.0. The van der Waals surface area contributed by atoms with Gasteiger partial charge in [-0.25, -0.2) is 4.98 Å². The van der Waals surface area contributed by atoms with Crippen LogP contribution in [0.5, 0.6) is 0 Å². The van der Waals surface area contributed by atoms with Crippen LogP contribution < -0.4 is 5.32 Å². The maximum absolute atomic E-state index is 12.4. The van der Waals surface area contributed by atoms with E-state index in [2.05, 4.69) is 33.7 Å². The highest BCUT2D eigenvalue weighted by molar-refractivity contribution is 6.02. The number of nitrogens with zero attached hydrogens (tertiary/aromatic N) is 2. The summed E-state index contributed by atoms with van der Waals surface area (Å²) in [5.74, 6) is 2.39. The van der Waals surface area contributed by atoms with Crippen molar-refractivity contribution in [3.8, 4) is 22.3 Å². The first-order valence-electron chi connectivity index (χ1n) is 10.5. The van der Waals surface area contributed by atoms with Gasteiger partial charge in [-0.3, -0.25) is 4.79 Å². The smallest absolute Gasteiger partial charge is 0.251 e. The Labute approximate surface area is 173 Å². The highest BCUT2D eigenvalue weighted by atomic mass is 16.5. The van der Waals surface area contributed by atoms with Crippen LogP contribution in [0.15, 0.2) is 34.9 Å². The topological polar surface area (TPSA) is 83.8 Å². The summed E-state index contributed by atoms with van der Waals surface area (Å²) in [6.45, 7) is 4.56. The number of benzene rings is 2. The maximum atomic E-state index is 12.4. The Morgan fingerprint density at radius 2 is 1.93 bits per heavy atom. The summed E-state index contributed by atoms with van der Waals surface area (Å²) in [6.07, 6.45) is 3.19. The number of amides is 1. The average Bonchev–Trinajstić information content (AvgIpc) is 3.42. The number of aromatic nitrogens is 3. The minimum Gasteiger partial charge on any atom is -0.361 e. The Morgan fingerprint density at radius 1 is 1.10 bits per heavy atom. The number of rotatable bonds is 3. The molecule has 0 unspecified atom stereocenters. The Hall–Kier alpha value is -3.41. The molecule has 6 nitrogen and oxygen atoms in total. The number of nitrogens with one attached hydrogen (secondary N) is 2. The van der Waals surface area contributed by atoms with E-state index in [0.29, 0.717) is 12.5 Å². The molecule has 0 radical (unpaired) electrons. The normalized spacial score (nSPS) is 16.0. The van der Waals surface area contributed by atoms with Crippen molar-refractivity contribution >= 4 is 16.9 Å². The molecule has 1 aliphatic carbocycles. The van der Waals surface area contributed by atoms with Crippen LogP contribution in [0, 0.1) is 13.8 Å². The molecule has 0 spiro atoms. The number of hydrogen-bond donors (Lipinski definition) is 2. The maximum Gasteiger partial charge on any atom is 0.251 e. The van der Waals surface area contributed by atoms with E-state index in [4.69, 9.17) is 9.51 Å². The standard InChI is InChI=1S/C24H22N4O2/c1-12-21(13(2)30-28-12)15-10-19(22-20(11-15)26-23(27-22)14-6-7-14)16-4-3-5-18-17(16)8-9-25-24(18)29/h3-5,10-11,14H,6-9H2,1-2H3,(H,25,29)(H,26,27). The molecular formula is C24H22N4O2. The number of imidazole rings is 1. The molecule has 0 saturated heterocycles. The highest BCUT2D eigenvalue weighted by Gasteiger charge is 2.28. The fourth-order valence-corrected chi connectivity index (χ4v) is 4.65. The summed E-state index contributed by atoms with van der Waals surface area (Å²) in [6, 6.07) is 10.3. The lowest BCUT2D eigenvalue weighted by Crippen LogP contribution is -2.32. The Bertz CT molecular complexity index is 1310. The zero-order valence-electron chi connectivity index (χ0n) is 17.0. The van der Waals surface area contributed by atoms with Crippen LogP contribution in [0.4, 0.5) is 0 Å². The van der Waals surface area contributed by atoms with E-state index >= 15 is 0 Å². The van der Waals surface area contributed by atoms with Gasteiger partial charge in [0.05, 0.1) is 16.7 Å². The summed E-state index contributed by atoms with van der Waals surface area (Å²) < 4.78 is 5.44. The fourth-order valence-electron chi connectivity index (χ4n) is 4.65. The number of fused-ring (bicyclic) bond motifs is 2. The van der Waals surface area contributed by atoms with Gasteiger partial charge in [0.1, 0.15) is 11.6 Å². The van der Waals surface area contributed by atoms with Crippen LogP contribution in [0.3, 0.4) is 0 Å². The predicted octanol–water partition coefficient (Wildman–Crippen LogP) is 4.67. The Kier molecular flexibility index (Phi) is 3.66. The van der Waals surface area contributed by atoms with Crippen molar-refractivity contribution in [2.24, 2.45) is 0 Å². The molecule has 2 aliphatic rings. The van der Waals surface area contributed by atoms with Crippen LogP contribution in [0.1, 0.15) is 52.0 Å². The summed E-state index contributed by atoms with van der Waals surface area (Å²) in [5.41, 5.74) is 8.90. The number of hydrogen-bond acceptors (Lipinski definition) is 4. The summed E-state index contributed by atoms with van der Waals surface area (Å²) in [7, 11) is 0. The van der Waals surface area contributed by atoms with Gasteiger partial charge in [0.25, 0.3) is 5.91 Å². The summed E-state index contributed by atoms with van der Waals surface area (Å²) in [5, 5.41) is 7.09. The molecule has 3 heterocycles. The number of aromatic amines is 1. The van der Waals surface area contributed by atoms with Gasteiger partial charge in [0.15, 0.2) is 0 Å². The van der Waals surface area contributed by atoms with Crippen molar-refractivity contribution in [2.45, 2.75) is 39.0 Å². The van der Waals surface area contributed by atoms with Gasteiger partial charge >= 0.3 is 0 Å². The Morgan fingerprint density at radius 3 is 2.70 bits per heavy atom. The van der Waals surface area contributed by atoms with Crippen molar-refractivity contribution in [3.05, 3.63) is 58.7 Å². The third-order valence-corrected chi connectivity index (χ3v) is 6.26. The quantitative estimate of drug-likeness (QED) is 0.525. The molecule has 1 aliphatic heterocycles. The number of carbonyl (C=O) groups excluding carboxylic acids is 1. The molecule has 30 heavy (non-hydrogen) atoms. The summed E-state index contributed by atoms with van der Waals surface area (Å²) >= 11 is 0. The third kappa shape index (κ3) is 2.60. The number of carbonyl (C=O) groups is 1. The van der Waals surface area contributed by atoms with Crippen molar-refractivity contribution in [3.63, 3.8) is 0 Å². The van der Waals surface area contributed by atoms with Gasteiger partial charge in [0, 0.05) is 29.2 Å². The van der Waals surface area contributed by atoms with Crippen molar-refractivity contribution in [1.82, 2.24) is 20.4 Å². The first kappa shape index (κ1) is 17.4. The molecule has 0 bridgehead atoms. The monoisotopic (exact) mass is 398 g/mol. The molecule has 4 aromatic rings. The highest BCUT2D eigenvalue weighted by Crippen LogP contribution is 2.42. The lowest BCUT2D eigenvalue weighted by atomic mass is 9.89. The van der Waals surface area contributed by atoms with Gasteiger partial charge in [-0.2, -0.15) is 0 Å². The molecule has 2 aromatic heterocycles. The second-order valence-electron chi connectivity index (χ2n) is 8.35. The molecule has 1 saturated carbocycles. The van der Waals surface area contributed by atoms with Gasteiger partial charge in [-0.05, 0) is 68.0 Å². The van der Waals surface area contributed by atoms with Crippen LogP contribution in [0.25, 0.3) is 33.3 Å². The molecule has 6 rings (SSSR count). The molecular weight excluding hydrogens is 376 g/mol. The fraction of sp³-hybridized carbons (Fsp3) is 0.292. The minimum atomic E-state index is -0.00285. The van der Waals surface area contributed by atoms with E-state index in [1.165, 1.54) is 12.8 Å². The second kappa shape index (κ2) is 6.29. The SMILES string of the molecule is Cc1noc(C)c1-c1cc(-c2cccc3c2CCNC3=O)c2nc(C3CC3)[nH]c2c1. The molecule has 1 fully saturated rings. The second-order valence-corrected chi connectivity index (χ2v) is 8.35. The molecule has 0 atom stereocenters. The predicted molar refractivity (Wildman–Crippen MR) is 115 cm³/mol. The van der Waals surface area contributed by atoms with Crippen molar-refractivity contribution in [2.75, 3.05) is 6.54 Å². The summed E-state index contributed by atoms with van der Waals surface area (Å²) in [4.78, 5) is 21.0. The lowest BCUT2D eigenvalue weighted by Gasteiger charge is -2.20. The van der Waals surface area contributed by atoms with Crippen LogP contribution in [-0.4, -0.2) is 27.6 Å².